The van der Waals surface area contributed by atoms with Crippen molar-refractivity contribution >= 4 is 65.0 Å². The molecule has 22 nitrogen and oxygen atoms in total. The van der Waals surface area contributed by atoms with Crippen LogP contribution in [0, 0.1) is 0 Å². The van der Waals surface area contributed by atoms with Crippen LogP contribution in [0.2, 0.25) is 0 Å². The summed E-state index contributed by atoms with van der Waals surface area (Å²) < 4.78 is 0. The zero-order valence-corrected chi connectivity index (χ0v) is 36.2. The van der Waals surface area contributed by atoms with E-state index in [9.17, 15) is 52.7 Å². The fourth-order valence-electron chi connectivity index (χ4n) is 4.49. The Kier molecular flexibility index (Phi) is 22.9. The molecule has 0 heterocycles. The van der Waals surface area contributed by atoms with E-state index in [-0.39, 0.29) is 44.5 Å². The first-order valence-electron chi connectivity index (χ1n) is 18.5. The molecule has 0 aromatic carbocycles. The van der Waals surface area contributed by atoms with Gasteiger partial charge in [-0.3, -0.25) is 52.7 Å². The van der Waals surface area contributed by atoms with E-state index < -0.39 is 85.9 Å². The molecule has 0 bridgehead atoms. The van der Waals surface area contributed by atoms with E-state index in [1.165, 1.54) is 87.2 Å². The third-order valence-electron chi connectivity index (χ3n) is 8.95. The molecule has 328 valence electrons. The molecule has 0 aliphatic rings. The number of nitrogens with zero attached hydrogens (tertiary/aromatic N) is 10. The van der Waals surface area contributed by atoms with Gasteiger partial charge in [0.1, 0.15) is 0 Å². The van der Waals surface area contributed by atoms with Crippen LogP contribution >= 0.6 is 0 Å². The molecule has 0 radical (unpaired) electrons. The second-order valence-corrected chi connectivity index (χ2v) is 14.3. The van der Waals surface area contributed by atoms with Gasteiger partial charge in [-0.2, -0.15) is 0 Å². The van der Waals surface area contributed by atoms with Gasteiger partial charge < -0.3 is 54.3 Å². The van der Waals surface area contributed by atoms with Crippen molar-refractivity contribution in [2.75, 3.05) is 142 Å². The standard InChI is InChI=1S/C36H63N11O11/c1-13-14-15-37-27(49)16-39(4)29(51)18-41(6)31(53)20-43(8)33(55)22-45(10)35(57)24-47(12)36(58)25-46(11)34(56)23-44(9)32(54)21-42(7)30(52)19-40(5)28(50)17-38(3)26(2)48/h13-25H2,1-12H3,(H,37,49). The van der Waals surface area contributed by atoms with Gasteiger partial charge in [-0.25, -0.2) is 0 Å². The highest BCUT2D eigenvalue weighted by Gasteiger charge is 2.26. The minimum Gasteiger partial charge on any atom is -0.355 e. The average molecular weight is 826 g/mol. The molecule has 0 aromatic heterocycles. The van der Waals surface area contributed by atoms with Crippen LogP contribution < -0.4 is 5.32 Å². The van der Waals surface area contributed by atoms with Gasteiger partial charge in [-0.15, -0.1) is 0 Å². The second-order valence-electron chi connectivity index (χ2n) is 14.3. The quantitative estimate of drug-likeness (QED) is 0.0966. The number of carbonyl (C=O) groups is 11. The lowest BCUT2D eigenvalue weighted by molar-refractivity contribution is -0.146. The van der Waals surface area contributed by atoms with Crippen molar-refractivity contribution in [3.63, 3.8) is 0 Å². The van der Waals surface area contributed by atoms with Gasteiger partial charge in [0.25, 0.3) is 0 Å². The van der Waals surface area contributed by atoms with Gasteiger partial charge in [0, 0.05) is 83.9 Å². The summed E-state index contributed by atoms with van der Waals surface area (Å²) in [7, 11) is 13.7. The Bertz CT molecular complexity index is 1530. The van der Waals surface area contributed by atoms with Gasteiger partial charge in [0.2, 0.25) is 65.0 Å². The van der Waals surface area contributed by atoms with Gasteiger partial charge >= 0.3 is 0 Å². The van der Waals surface area contributed by atoms with Crippen molar-refractivity contribution in [2.24, 2.45) is 0 Å². The Balaban J connectivity index is 4.86. The van der Waals surface area contributed by atoms with E-state index in [0.717, 1.165) is 52.0 Å². The molecule has 0 aliphatic carbocycles. The number of hydrogen-bond donors (Lipinski definition) is 1. The first-order chi connectivity index (χ1) is 26.8. The highest BCUT2D eigenvalue weighted by atomic mass is 16.2. The monoisotopic (exact) mass is 825 g/mol. The van der Waals surface area contributed by atoms with Crippen molar-refractivity contribution in [2.45, 2.75) is 26.7 Å². The number of rotatable bonds is 23. The van der Waals surface area contributed by atoms with Crippen molar-refractivity contribution < 1.29 is 52.7 Å². The summed E-state index contributed by atoms with van der Waals surface area (Å²) in [4.78, 5) is 149. The molecule has 0 aliphatic heterocycles. The Morgan fingerprint density at radius 2 is 0.517 bits per heavy atom. The summed E-state index contributed by atoms with van der Waals surface area (Å²) in [6.45, 7) is 0.239. The maximum Gasteiger partial charge on any atom is 0.242 e. The molecule has 0 fully saturated rings. The van der Waals surface area contributed by atoms with Gasteiger partial charge in [-0.05, 0) is 6.42 Å². The second kappa shape index (κ2) is 25.4. The van der Waals surface area contributed by atoms with Crippen molar-refractivity contribution in [3.8, 4) is 0 Å². The number of nitrogens with one attached hydrogen (secondary N) is 1. The van der Waals surface area contributed by atoms with Crippen molar-refractivity contribution in [1.29, 1.82) is 0 Å². The van der Waals surface area contributed by atoms with Gasteiger partial charge in [0.05, 0.1) is 65.4 Å². The van der Waals surface area contributed by atoms with Crippen molar-refractivity contribution in [3.05, 3.63) is 0 Å². The highest BCUT2D eigenvalue weighted by Crippen LogP contribution is 2.01. The fourth-order valence-corrected chi connectivity index (χ4v) is 4.49. The predicted octanol–water partition coefficient (Wildman–Crippen LogP) is -4.49. The van der Waals surface area contributed by atoms with Crippen molar-refractivity contribution in [1.82, 2.24) is 54.3 Å². The summed E-state index contributed by atoms with van der Waals surface area (Å²) in [6.07, 6.45) is 1.72. The van der Waals surface area contributed by atoms with Crippen LogP contribution in [0.1, 0.15) is 26.7 Å². The Morgan fingerprint density at radius 1 is 0.328 bits per heavy atom. The fraction of sp³-hybridized carbons (Fsp3) is 0.694. The molecule has 11 amide bonds. The highest BCUT2D eigenvalue weighted by molar-refractivity contribution is 5.94. The first kappa shape index (κ1) is 52.2. The molecule has 0 spiro atoms. The Labute approximate surface area is 340 Å². The summed E-state index contributed by atoms with van der Waals surface area (Å²) in [5.74, 6) is -5.68. The largest absolute Gasteiger partial charge is 0.355 e. The maximum atomic E-state index is 12.8. The number of hydrogen-bond acceptors (Lipinski definition) is 11. The number of unbranched alkanes of at least 4 members (excludes halogenated alkanes) is 1. The lowest BCUT2D eigenvalue weighted by Gasteiger charge is -2.27. The molecule has 0 unspecified atom stereocenters. The van der Waals surface area contributed by atoms with Crippen LogP contribution in [0.25, 0.3) is 0 Å². The zero-order chi connectivity index (χ0) is 45.0. The minimum atomic E-state index is -0.612. The molecular formula is C36H63N11O11. The molecular weight excluding hydrogens is 762 g/mol. The molecule has 58 heavy (non-hydrogen) atoms. The number of amides is 11. The number of carbonyl (C=O) groups excluding carboxylic acids is 11. The average Bonchev–Trinajstić information content (AvgIpc) is 3.13. The van der Waals surface area contributed by atoms with E-state index in [1.807, 2.05) is 6.92 Å². The molecule has 0 rings (SSSR count). The molecule has 1 N–H and O–H groups in total. The lowest BCUT2D eigenvalue weighted by atomic mass is 10.3. The smallest absolute Gasteiger partial charge is 0.242 e. The predicted molar refractivity (Wildman–Crippen MR) is 210 cm³/mol. The summed E-state index contributed by atoms with van der Waals surface area (Å²) in [6, 6.07) is 0. The minimum absolute atomic E-state index is 0.167. The topological polar surface area (TPSA) is 232 Å². The molecule has 0 aromatic rings. The van der Waals surface area contributed by atoms with E-state index in [4.69, 9.17) is 0 Å². The third kappa shape index (κ3) is 19.4. The van der Waals surface area contributed by atoms with E-state index in [0.29, 0.717) is 6.54 Å². The van der Waals surface area contributed by atoms with Crippen LogP contribution in [-0.2, 0) is 52.7 Å². The summed E-state index contributed by atoms with van der Waals surface area (Å²) in [5, 5.41) is 2.71. The van der Waals surface area contributed by atoms with Crippen LogP contribution in [0.15, 0.2) is 0 Å². The summed E-state index contributed by atoms with van der Waals surface area (Å²) >= 11 is 0. The molecule has 0 atom stereocenters. The van der Waals surface area contributed by atoms with E-state index >= 15 is 0 Å². The first-order valence-corrected chi connectivity index (χ1v) is 18.5. The van der Waals surface area contributed by atoms with Crippen LogP contribution in [-0.4, -0.2) is 256 Å². The molecule has 22 heteroatoms. The zero-order valence-electron chi connectivity index (χ0n) is 36.2. The normalized spacial score (nSPS) is 10.3. The number of likely N-dealkylation sites (N-methyl/N-ethyl adjacent to an activating group) is 10. The van der Waals surface area contributed by atoms with Gasteiger partial charge in [-0.1, -0.05) is 13.3 Å². The lowest BCUT2D eigenvalue weighted by Crippen LogP contribution is -2.49. The van der Waals surface area contributed by atoms with E-state index in [2.05, 4.69) is 5.32 Å². The van der Waals surface area contributed by atoms with Crippen LogP contribution in [0.5, 0.6) is 0 Å². The Hall–Kier alpha value is -5.83. The third-order valence-corrected chi connectivity index (χ3v) is 8.95. The maximum absolute atomic E-state index is 12.8. The molecule has 0 saturated heterocycles. The van der Waals surface area contributed by atoms with E-state index in [1.54, 1.807) is 0 Å². The van der Waals surface area contributed by atoms with Gasteiger partial charge in [0.15, 0.2) is 0 Å². The SMILES string of the molecule is CCCCNC(=O)CN(C)C(=O)CN(C)C(=O)CN(C)C(=O)CN(C)C(=O)CN(C)C(=O)CN(C)C(=O)CN(C)C(=O)CN(C)C(=O)CN(C)C(=O)CN(C)C(C)=O. The Morgan fingerprint density at radius 3 is 0.707 bits per heavy atom. The summed E-state index contributed by atoms with van der Waals surface area (Å²) in [5.41, 5.74) is 0. The van der Waals surface area contributed by atoms with Crippen LogP contribution in [0.4, 0.5) is 0 Å². The van der Waals surface area contributed by atoms with Crippen LogP contribution in [0.3, 0.4) is 0 Å². The molecule has 0 saturated carbocycles.